The number of para-hydroxylation sites is 2. The molecule has 126 valence electrons. The fraction of sp³-hybridized carbons (Fsp3) is 0.200. The number of oxazole rings is 1. The maximum absolute atomic E-state index is 5.55. The van der Waals surface area contributed by atoms with E-state index in [9.17, 15) is 0 Å². The van der Waals surface area contributed by atoms with Crippen LogP contribution in [0.1, 0.15) is 17.1 Å². The van der Waals surface area contributed by atoms with E-state index in [0.717, 1.165) is 39.4 Å². The molecule has 2 heterocycles. The van der Waals surface area contributed by atoms with Crippen LogP contribution in [0.25, 0.3) is 22.5 Å². The fourth-order valence-corrected chi connectivity index (χ4v) is 2.97. The molecule has 0 aliphatic heterocycles. The Kier molecular flexibility index (Phi) is 3.76. The van der Waals surface area contributed by atoms with Crippen molar-refractivity contribution in [1.82, 2.24) is 14.5 Å². The monoisotopic (exact) mass is 332 g/mol. The lowest BCUT2D eigenvalue weighted by molar-refractivity contribution is 0.573. The lowest BCUT2D eigenvalue weighted by atomic mass is 10.1. The second-order valence-electron chi connectivity index (χ2n) is 6.25. The second-order valence-corrected chi connectivity index (χ2v) is 6.25. The molecule has 0 radical (unpaired) electrons. The molecular weight excluding hydrogens is 312 g/mol. The zero-order valence-corrected chi connectivity index (χ0v) is 14.6. The number of anilines is 1. The van der Waals surface area contributed by atoms with Gasteiger partial charge in [-0.2, -0.15) is 0 Å². The number of benzene rings is 2. The normalized spacial score (nSPS) is 11.2. The van der Waals surface area contributed by atoms with Gasteiger partial charge >= 0.3 is 0 Å². The minimum Gasteiger partial charge on any atom is -0.444 e. The molecule has 5 nitrogen and oxygen atoms in total. The van der Waals surface area contributed by atoms with Crippen LogP contribution in [0.2, 0.25) is 0 Å². The van der Waals surface area contributed by atoms with Gasteiger partial charge in [-0.25, -0.2) is 9.97 Å². The Labute approximate surface area is 146 Å². The molecule has 0 saturated carbocycles. The standard InChI is InChI=1S/C20H20N4O/c1-13-8-9-15(10-16(13)20-22-14(2)12-25-20)21-11-19-23-17-6-4-5-7-18(17)24(19)3/h4-10,12,21H,11H2,1-3H3. The molecule has 2 aromatic carbocycles. The zero-order valence-electron chi connectivity index (χ0n) is 14.6. The number of aryl methyl sites for hydroxylation is 3. The van der Waals surface area contributed by atoms with Gasteiger partial charge in [-0.3, -0.25) is 0 Å². The molecule has 4 aromatic rings. The van der Waals surface area contributed by atoms with Crippen molar-refractivity contribution < 1.29 is 4.42 Å². The molecule has 0 bridgehead atoms. The van der Waals surface area contributed by atoms with Crippen LogP contribution in [0.15, 0.2) is 53.1 Å². The summed E-state index contributed by atoms with van der Waals surface area (Å²) in [5.74, 6) is 1.65. The summed E-state index contributed by atoms with van der Waals surface area (Å²) in [6.07, 6.45) is 1.67. The topological polar surface area (TPSA) is 55.9 Å². The highest BCUT2D eigenvalue weighted by molar-refractivity contribution is 5.75. The van der Waals surface area contributed by atoms with Gasteiger partial charge in [-0.1, -0.05) is 18.2 Å². The molecular formula is C20H20N4O. The summed E-state index contributed by atoms with van der Waals surface area (Å²) in [5, 5.41) is 3.45. The first kappa shape index (κ1) is 15.4. The van der Waals surface area contributed by atoms with Crippen molar-refractivity contribution in [2.24, 2.45) is 7.05 Å². The van der Waals surface area contributed by atoms with Crippen molar-refractivity contribution in [3.8, 4) is 11.5 Å². The van der Waals surface area contributed by atoms with Gasteiger partial charge in [0.25, 0.3) is 0 Å². The zero-order chi connectivity index (χ0) is 17.4. The summed E-state index contributed by atoms with van der Waals surface area (Å²) in [6, 6.07) is 14.4. The van der Waals surface area contributed by atoms with Crippen molar-refractivity contribution in [2.75, 3.05) is 5.32 Å². The van der Waals surface area contributed by atoms with Crippen molar-refractivity contribution in [1.29, 1.82) is 0 Å². The number of aromatic nitrogens is 3. The molecule has 0 spiro atoms. The van der Waals surface area contributed by atoms with Crippen LogP contribution in [0.4, 0.5) is 5.69 Å². The third kappa shape index (κ3) is 2.89. The van der Waals surface area contributed by atoms with Crippen molar-refractivity contribution in [3.63, 3.8) is 0 Å². The Morgan fingerprint density at radius 2 is 1.92 bits per heavy atom. The van der Waals surface area contributed by atoms with Crippen molar-refractivity contribution in [3.05, 3.63) is 65.8 Å². The van der Waals surface area contributed by atoms with Gasteiger partial charge in [-0.15, -0.1) is 0 Å². The van der Waals surface area contributed by atoms with Gasteiger partial charge in [0.1, 0.15) is 12.1 Å². The molecule has 2 aromatic heterocycles. The molecule has 1 N–H and O–H groups in total. The smallest absolute Gasteiger partial charge is 0.226 e. The molecule has 0 saturated heterocycles. The van der Waals surface area contributed by atoms with Crippen LogP contribution in [-0.4, -0.2) is 14.5 Å². The minimum atomic E-state index is 0.651. The van der Waals surface area contributed by atoms with Crippen LogP contribution < -0.4 is 5.32 Å². The van der Waals surface area contributed by atoms with E-state index in [4.69, 9.17) is 9.40 Å². The van der Waals surface area contributed by atoms with E-state index < -0.39 is 0 Å². The SMILES string of the molecule is Cc1coc(-c2cc(NCc3nc4ccccc4n3C)ccc2C)n1. The molecule has 25 heavy (non-hydrogen) atoms. The molecule has 0 fully saturated rings. The average molecular weight is 332 g/mol. The molecule has 0 atom stereocenters. The minimum absolute atomic E-state index is 0.651. The van der Waals surface area contributed by atoms with E-state index in [2.05, 4.69) is 46.1 Å². The third-order valence-electron chi connectivity index (χ3n) is 4.42. The van der Waals surface area contributed by atoms with E-state index in [0.29, 0.717) is 12.4 Å². The fourth-order valence-electron chi connectivity index (χ4n) is 2.97. The quantitative estimate of drug-likeness (QED) is 0.599. The number of imidazole rings is 1. The Morgan fingerprint density at radius 3 is 2.68 bits per heavy atom. The first-order valence-corrected chi connectivity index (χ1v) is 8.29. The van der Waals surface area contributed by atoms with E-state index in [-0.39, 0.29) is 0 Å². The Morgan fingerprint density at radius 1 is 1.08 bits per heavy atom. The summed E-state index contributed by atoms with van der Waals surface area (Å²) < 4.78 is 7.67. The van der Waals surface area contributed by atoms with Gasteiger partial charge in [0.2, 0.25) is 5.89 Å². The van der Waals surface area contributed by atoms with Crippen LogP contribution in [0, 0.1) is 13.8 Å². The molecule has 5 heteroatoms. The predicted molar refractivity (Wildman–Crippen MR) is 99.5 cm³/mol. The van der Waals surface area contributed by atoms with E-state index in [1.165, 1.54) is 0 Å². The van der Waals surface area contributed by atoms with Gasteiger partial charge < -0.3 is 14.3 Å². The number of hydrogen-bond donors (Lipinski definition) is 1. The number of hydrogen-bond acceptors (Lipinski definition) is 4. The Balaban J connectivity index is 1.59. The van der Waals surface area contributed by atoms with Crippen molar-refractivity contribution in [2.45, 2.75) is 20.4 Å². The number of fused-ring (bicyclic) bond motifs is 1. The van der Waals surface area contributed by atoms with E-state index >= 15 is 0 Å². The second kappa shape index (κ2) is 6.09. The highest BCUT2D eigenvalue weighted by atomic mass is 16.3. The first-order valence-electron chi connectivity index (χ1n) is 8.29. The van der Waals surface area contributed by atoms with Crippen LogP contribution >= 0.6 is 0 Å². The summed E-state index contributed by atoms with van der Waals surface area (Å²) in [6.45, 7) is 4.64. The average Bonchev–Trinajstić information content (AvgIpc) is 3.18. The molecule has 0 aliphatic rings. The molecule has 0 unspecified atom stereocenters. The number of rotatable bonds is 4. The Bertz CT molecular complexity index is 1040. The maximum Gasteiger partial charge on any atom is 0.226 e. The summed E-state index contributed by atoms with van der Waals surface area (Å²) in [4.78, 5) is 9.13. The van der Waals surface area contributed by atoms with Crippen molar-refractivity contribution >= 4 is 16.7 Å². The summed E-state index contributed by atoms with van der Waals surface area (Å²) in [7, 11) is 2.04. The van der Waals surface area contributed by atoms with E-state index in [1.54, 1.807) is 6.26 Å². The third-order valence-corrected chi connectivity index (χ3v) is 4.42. The largest absolute Gasteiger partial charge is 0.444 e. The molecule has 4 rings (SSSR count). The van der Waals surface area contributed by atoms with Crippen LogP contribution in [0.5, 0.6) is 0 Å². The van der Waals surface area contributed by atoms with Gasteiger partial charge in [0.05, 0.1) is 23.3 Å². The van der Waals surface area contributed by atoms with Gasteiger partial charge in [0.15, 0.2) is 0 Å². The summed E-state index contributed by atoms with van der Waals surface area (Å²) >= 11 is 0. The first-order chi connectivity index (χ1) is 12.1. The van der Waals surface area contributed by atoms with Gasteiger partial charge in [-0.05, 0) is 43.7 Å². The number of nitrogens with one attached hydrogen (secondary N) is 1. The number of nitrogens with zero attached hydrogens (tertiary/aromatic N) is 3. The predicted octanol–water partition coefficient (Wildman–Crippen LogP) is 4.46. The van der Waals surface area contributed by atoms with Gasteiger partial charge in [0, 0.05) is 18.3 Å². The summed E-state index contributed by atoms with van der Waals surface area (Å²) in [5.41, 5.74) is 6.19. The highest BCUT2D eigenvalue weighted by Crippen LogP contribution is 2.26. The van der Waals surface area contributed by atoms with Crippen LogP contribution in [0.3, 0.4) is 0 Å². The maximum atomic E-state index is 5.55. The molecule has 0 aliphatic carbocycles. The highest BCUT2D eigenvalue weighted by Gasteiger charge is 2.10. The Hall–Kier alpha value is -3.08. The lowest BCUT2D eigenvalue weighted by Crippen LogP contribution is -2.06. The lowest BCUT2D eigenvalue weighted by Gasteiger charge is -2.09. The van der Waals surface area contributed by atoms with E-state index in [1.807, 2.05) is 32.2 Å². The molecule has 0 amide bonds. The van der Waals surface area contributed by atoms with Crippen LogP contribution in [-0.2, 0) is 13.6 Å².